The Hall–Kier alpha value is -2.16. The van der Waals surface area contributed by atoms with E-state index >= 15 is 0 Å². The van der Waals surface area contributed by atoms with Crippen molar-refractivity contribution in [3.8, 4) is 28.4 Å². The van der Waals surface area contributed by atoms with Crippen LogP contribution in [-0.2, 0) is 5.41 Å². The number of benzene rings is 2. The Morgan fingerprint density at radius 2 is 1.57 bits per heavy atom. The molecule has 112 valence electrons. The first-order chi connectivity index (χ1) is 9.86. The predicted molar refractivity (Wildman–Crippen MR) is 85.3 cm³/mol. The van der Waals surface area contributed by atoms with E-state index in [0.717, 1.165) is 28.2 Å². The third-order valence-corrected chi connectivity index (χ3v) is 3.51. The number of ether oxygens (including phenoxy) is 2. The van der Waals surface area contributed by atoms with Crippen LogP contribution < -0.4 is 9.47 Å². The highest BCUT2D eigenvalue weighted by Crippen LogP contribution is 2.42. The third-order valence-electron chi connectivity index (χ3n) is 3.51. The van der Waals surface area contributed by atoms with Crippen molar-refractivity contribution in [2.75, 3.05) is 14.2 Å². The summed E-state index contributed by atoms with van der Waals surface area (Å²) in [5.74, 6) is 1.78. The van der Waals surface area contributed by atoms with Gasteiger partial charge in [-0.3, -0.25) is 0 Å². The van der Waals surface area contributed by atoms with Crippen LogP contribution in [0.25, 0.3) is 11.1 Å². The summed E-state index contributed by atoms with van der Waals surface area (Å²) in [6.45, 7) is 6.20. The first kappa shape index (κ1) is 15.2. The molecule has 0 heterocycles. The number of hydrogen-bond donors (Lipinski definition) is 1. The maximum atomic E-state index is 10.7. The number of phenolic OH excluding ortho intramolecular Hbond substituents is 1. The monoisotopic (exact) mass is 286 g/mol. The molecule has 2 aromatic rings. The molecule has 0 bridgehead atoms. The number of methoxy groups -OCH3 is 2. The van der Waals surface area contributed by atoms with Gasteiger partial charge >= 0.3 is 0 Å². The van der Waals surface area contributed by atoms with Gasteiger partial charge in [0, 0.05) is 11.1 Å². The largest absolute Gasteiger partial charge is 0.507 e. The van der Waals surface area contributed by atoms with Gasteiger partial charge in [-0.05, 0) is 35.2 Å². The molecular formula is C18H22O3. The van der Waals surface area contributed by atoms with Crippen LogP contribution in [0.5, 0.6) is 17.2 Å². The van der Waals surface area contributed by atoms with Gasteiger partial charge in [-0.15, -0.1) is 0 Å². The van der Waals surface area contributed by atoms with Crippen LogP contribution in [0.2, 0.25) is 0 Å². The van der Waals surface area contributed by atoms with Crippen molar-refractivity contribution < 1.29 is 14.6 Å². The smallest absolute Gasteiger partial charge is 0.127 e. The van der Waals surface area contributed by atoms with Crippen LogP contribution in [-0.4, -0.2) is 19.3 Å². The Balaban J connectivity index is 2.67. The minimum atomic E-state index is -0.174. The van der Waals surface area contributed by atoms with Gasteiger partial charge in [-0.25, -0.2) is 0 Å². The Morgan fingerprint density at radius 3 is 2.14 bits per heavy atom. The van der Waals surface area contributed by atoms with Crippen LogP contribution in [0.3, 0.4) is 0 Å². The molecule has 3 nitrogen and oxygen atoms in total. The molecule has 21 heavy (non-hydrogen) atoms. The van der Waals surface area contributed by atoms with Gasteiger partial charge in [0.25, 0.3) is 0 Å². The highest BCUT2D eigenvalue weighted by atomic mass is 16.5. The molecular weight excluding hydrogens is 264 g/mol. The Kier molecular flexibility index (Phi) is 4.12. The molecule has 0 aliphatic rings. The van der Waals surface area contributed by atoms with Gasteiger partial charge in [0.15, 0.2) is 0 Å². The summed E-state index contributed by atoms with van der Waals surface area (Å²) in [7, 11) is 3.26. The topological polar surface area (TPSA) is 38.7 Å². The van der Waals surface area contributed by atoms with Crippen LogP contribution in [0.1, 0.15) is 26.3 Å². The Labute approximate surface area is 126 Å². The quantitative estimate of drug-likeness (QED) is 0.910. The fourth-order valence-electron chi connectivity index (χ4n) is 2.31. The van der Waals surface area contributed by atoms with Crippen molar-refractivity contribution in [1.82, 2.24) is 0 Å². The van der Waals surface area contributed by atoms with Gasteiger partial charge < -0.3 is 14.6 Å². The van der Waals surface area contributed by atoms with Gasteiger partial charge in [0.1, 0.15) is 17.2 Å². The molecule has 0 radical (unpaired) electrons. The third kappa shape index (κ3) is 3.13. The highest BCUT2D eigenvalue weighted by Gasteiger charge is 2.22. The first-order valence-electron chi connectivity index (χ1n) is 6.92. The fourth-order valence-corrected chi connectivity index (χ4v) is 2.31. The van der Waals surface area contributed by atoms with Gasteiger partial charge in [0.05, 0.1) is 14.2 Å². The zero-order chi connectivity index (χ0) is 15.6. The summed E-state index contributed by atoms with van der Waals surface area (Å²) in [4.78, 5) is 0. The van der Waals surface area contributed by atoms with Crippen molar-refractivity contribution >= 4 is 0 Å². The number of phenols is 1. The van der Waals surface area contributed by atoms with Crippen LogP contribution in [0.4, 0.5) is 0 Å². The van der Waals surface area contributed by atoms with E-state index in [4.69, 9.17) is 9.47 Å². The van der Waals surface area contributed by atoms with E-state index in [9.17, 15) is 5.11 Å². The normalized spacial score (nSPS) is 11.3. The molecule has 2 rings (SSSR count). The molecule has 3 heteroatoms. The molecule has 2 aromatic carbocycles. The lowest BCUT2D eigenvalue weighted by Gasteiger charge is -2.23. The van der Waals surface area contributed by atoms with E-state index in [-0.39, 0.29) is 11.2 Å². The summed E-state index contributed by atoms with van der Waals surface area (Å²) in [5, 5.41) is 10.7. The molecule has 0 amide bonds. The van der Waals surface area contributed by atoms with E-state index in [2.05, 4.69) is 20.8 Å². The second-order valence-electron chi connectivity index (χ2n) is 6.05. The molecule has 0 saturated heterocycles. The van der Waals surface area contributed by atoms with E-state index in [1.807, 2.05) is 36.4 Å². The minimum Gasteiger partial charge on any atom is -0.507 e. The summed E-state index contributed by atoms with van der Waals surface area (Å²) >= 11 is 0. The summed E-state index contributed by atoms with van der Waals surface area (Å²) < 4.78 is 10.6. The van der Waals surface area contributed by atoms with Crippen molar-refractivity contribution in [3.63, 3.8) is 0 Å². The number of hydrogen-bond acceptors (Lipinski definition) is 3. The van der Waals surface area contributed by atoms with Crippen molar-refractivity contribution in [2.45, 2.75) is 26.2 Å². The summed E-state index contributed by atoms with van der Waals surface area (Å²) in [6, 6.07) is 11.4. The number of aromatic hydroxyl groups is 1. The predicted octanol–water partition coefficient (Wildman–Crippen LogP) is 4.37. The molecule has 0 fully saturated rings. The second kappa shape index (κ2) is 5.68. The lowest BCUT2D eigenvalue weighted by Crippen LogP contribution is -2.12. The first-order valence-corrected chi connectivity index (χ1v) is 6.92. The average molecular weight is 286 g/mol. The maximum Gasteiger partial charge on any atom is 0.127 e. The molecule has 0 aliphatic carbocycles. The van der Waals surface area contributed by atoms with E-state index in [0.29, 0.717) is 0 Å². The van der Waals surface area contributed by atoms with E-state index in [1.54, 1.807) is 14.2 Å². The minimum absolute atomic E-state index is 0.174. The molecule has 0 atom stereocenters. The van der Waals surface area contributed by atoms with Crippen molar-refractivity contribution in [1.29, 1.82) is 0 Å². The second-order valence-corrected chi connectivity index (χ2v) is 6.05. The van der Waals surface area contributed by atoms with E-state index < -0.39 is 0 Å². The fraction of sp³-hybridized carbons (Fsp3) is 0.333. The molecule has 0 spiro atoms. The molecule has 0 unspecified atom stereocenters. The number of rotatable bonds is 3. The lowest BCUT2D eigenvalue weighted by molar-refractivity contribution is 0.406. The Morgan fingerprint density at radius 1 is 0.905 bits per heavy atom. The standard InChI is InChI=1S/C18H22O3/c1-18(2,3)16-11-14(21-5)10-15(17(16)19)12-7-6-8-13(9-12)20-4/h6-11,19H,1-5H3. The molecule has 0 aromatic heterocycles. The summed E-state index contributed by atoms with van der Waals surface area (Å²) in [6.07, 6.45) is 0. The van der Waals surface area contributed by atoms with Gasteiger partial charge in [-0.1, -0.05) is 32.9 Å². The maximum absolute atomic E-state index is 10.7. The molecule has 1 N–H and O–H groups in total. The average Bonchev–Trinajstić information content (AvgIpc) is 2.46. The SMILES string of the molecule is COc1cccc(-c2cc(OC)cc(C(C)(C)C)c2O)c1. The van der Waals surface area contributed by atoms with E-state index in [1.165, 1.54) is 0 Å². The highest BCUT2D eigenvalue weighted by molar-refractivity contribution is 5.75. The lowest BCUT2D eigenvalue weighted by atomic mass is 9.84. The van der Waals surface area contributed by atoms with Gasteiger partial charge in [-0.2, -0.15) is 0 Å². The van der Waals surface area contributed by atoms with Crippen molar-refractivity contribution in [3.05, 3.63) is 42.0 Å². The molecule has 0 saturated carbocycles. The zero-order valence-electron chi connectivity index (χ0n) is 13.2. The zero-order valence-corrected chi connectivity index (χ0v) is 13.2. The van der Waals surface area contributed by atoms with Crippen LogP contribution in [0, 0.1) is 0 Å². The van der Waals surface area contributed by atoms with Crippen LogP contribution in [0.15, 0.2) is 36.4 Å². The van der Waals surface area contributed by atoms with Gasteiger partial charge in [0.2, 0.25) is 0 Å². The Bertz CT molecular complexity index is 639. The molecule has 0 aliphatic heterocycles. The van der Waals surface area contributed by atoms with Crippen molar-refractivity contribution in [2.24, 2.45) is 0 Å². The summed E-state index contributed by atoms with van der Waals surface area (Å²) in [5.41, 5.74) is 2.33. The van der Waals surface area contributed by atoms with Crippen LogP contribution >= 0.6 is 0 Å².